The zero-order valence-corrected chi connectivity index (χ0v) is 16.6. The third-order valence-corrected chi connectivity index (χ3v) is 7.54. The van der Waals surface area contributed by atoms with Crippen LogP contribution in [0.5, 0.6) is 0 Å². The summed E-state index contributed by atoms with van der Waals surface area (Å²) in [5.74, 6) is 1.19. The molecular formula is C19H25F2N3O3S. The first-order valence-corrected chi connectivity index (χ1v) is 11.2. The highest BCUT2D eigenvalue weighted by molar-refractivity contribution is 7.92. The second kappa shape index (κ2) is 8.04. The Balaban J connectivity index is 1.44. The van der Waals surface area contributed by atoms with Crippen LogP contribution in [0.2, 0.25) is 0 Å². The molecule has 3 heterocycles. The molecule has 28 heavy (non-hydrogen) atoms. The first-order chi connectivity index (χ1) is 13.5. The summed E-state index contributed by atoms with van der Waals surface area (Å²) in [6.45, 7) is 1.90. The summed E-state index contributed by atoms with van der Waals surface area (Å²) in [5, 5.41) is 2.92. The van der Waals surface area contributed by atoms with E-state index in [1.165, 1.54) is 17.0 Å². The van der Waals surface area contributed by atoms with Gasteiger partial charge in [-0.15, -0.1) is 0 Å². The van der Waals surface area contributed by atoms with Gasteiger partial charge in [-0.2, -0.15) is 0 Å². The van der Waals surface area contributed by atoms with Gasteiger partial charge in [0, 0.05) is 31.8 Å². The Morgan fingerprint density at radius 3 is 2.43 bits per heavy atom. The van der Waals surface area contributed by atoms with Gasteiger partial charge in [0.05, 0.1) is 18.2 Å². The fraction of sp³-hybridized carbons (Fsp3) is 0.632. The number of carbonyl (C=O) groups excluding carboxylic acids is 1. The smallest absolute Gasteiger partial charge is 0.414 e. The van der Waals surface area contributed by atoms with Gasteiger partial charge in [-0.3, -0.25) is 4.90 Å². The first kappa shape index (κ1) is 19.7. The molecule has 154 valence electrons. The predicted octanol–water partition coefficient (Wildman–Crippen LogP) is 2.10. The van der Waals surface area contributed by atoms with Gasteiger partial charge in [0.2, 0.25) is 0 Å². The van der Waals surface area contributed by atoms with Gasteiger partial charge in [0.15, 0.2) is 11.6 Å². The van der Waals surface area contributed by atoms with Crippen molar-refractivity contribution in [3.05, 3.63) is 23.8 Å². The minimum atomic E-state index is -0.667. The Labute approximate surface area is 166 Å². The molecule has 0 bridgehead atoms. The van der Waals surface area contributed by atoms with E-state index >= 15 is 0 Å². The number of nitrogens with one attached hydrogen (secondary N) is 1. The predicted molar refractivity (Wildman–Crippen MR) is 104 cm³/mol. The molecule has 3 fully saturated rings. The summed E-state index contributed by atoms with van der Waals surface area (Å²) >= 11 is -0.667. The van der Waals surface area contributed by atoms with E-state index in [1.54, 1.807) is 11.9 Å². The molecule has 9 heteroatoms. The lowest BCUT2D eigenvalue weighted by Crippen LogP contribution is -2.46. The lowest BCUT2D eigenvalue weighted by atomic mass is 9.86. The minimum absolute atomic E-state index is 0.0290. The Kier molecular flexibility index (Phi) is 5.66. The van der Waals surface area contributed by atoms with Gasteiger partial charge in [0.1, 0.15) is 23.3 Å². The molecule has 1 amide bonds. The number of nitrogens with zero attached hydrogens (tertiary/aromatic N) is 2. The van der Waals surface area contributed by atoms with Crippen LogP contribution in [0.4, 0.5) is 25.0 Å². The van der Waals surface area contributed by atoms with E-state index in [-0.39, 0.29) is 24.0 Å². The first-order valence-electron chi connectivity index (χ1n) is 9.68. The zero-order chi connectivity index (χ0) is 19.8. The highest BCUT2D eigenvalue weighted by atomic mass is 32.2. The summed E-state index contributed by atoms with van der Waals surface area (Å²) in [7, 11) is 1.75. The largest absolute Gasteiger partial charge is 0.616 e. The second-order valence-electron chi connectivity index (χ2n) is 7.79. The quantitative estimate of drug-likeness (QED) is 0.749. The van der Waals surface area contributed by atoms with Crippen molar-refractivity contribution in [1.82, 2.24) is 5.32 Å². The van der Waals surface area contributed by atoms with Crippen molar-refractivity contribution in [3.63, 3.8) is 0 Å². The summed E-state index contributed by atoms with van der Waals surface area (Å²) in [4.78, 5) is 15.0. The van der Waals surface area contributed by atoms with Crippen LogP contribution in [0.15, 0.2) is 12.1 Å². The van der Waals surface area contributed by atoms with Crippen molar-refractivity contribution in [1.29, 1.82) is 0 Å². The van der Waals surface area contributed by atoms with E-state index in [1.807, 2.05) is 0 Å². The molecule has 3 saturated heterocycles. The maximum absolute atomic E-state index is 14.8. The number of amides is 1. The third kappa shape index (κ3) is 3.79. The van der Waals surface area contributed by atoms with Gasteiger partial charge in [-0.25, -0.2) is 13.6 Å². The van der Waals surface area contributed by atoms with Gasteiger partial charge < -0.3 is 19.5 Å². The fourth-order valence-electron chi connectivity index (χ4n) is 4.37. The molecule has 3 aliphatic rings. The minimum Gasteiger partial charge on any atom is -0.616 e. The molecule has 1 aromatic rings. The molecule has 0 aliphatic carbocycles. The molecule has 1 atom stereocenters. The number of rotatable bonds is 5. The van der Waals surface area contributed by atoms with Crippen LogP contribution in [-0.2, 0) is 15.9 Å². The van der Waals surface area contributed by atoms with Crippen LogP contribution in [0.25, 0.3) is 0 Å². The van der Waals surface area contributed by atoms with Crippen LogP contribution in [0, 0.1) is 23.5 Å². The van der Waals surface area contributed by atoms with Crippen molar-refractivity contribution in [3.8, 4) is 0 Å². The van der Waals surface area contributed by atoms with Gasteiger partial charge in [-0.05, 0) is 25.8 Å². The van der Waals surface area contributed by atoms with Crippen molar-refractivity contribution < 1.29 is 22.9 Å². The van der Waals surface area contributed by atoms with E-state index in [9.17, 15) is 18.1 Å². The van der Waals surface area contributed by atoms with Crippen LogP contribution < -0.4 is 15.1 Å². The lowest BCUT2D eigenvalue weighted by Gasteiger charge is -2.40. The SMILES string of the molecule is CNCC1CN(c2cc(F)c(N3CCC(C4C[S+]([O-])C4)CC3)c(F)c2)C(=O)O1. The number of carbonyl (C=O) groups is 1. The number of ether oxygens (including phenoxy) is 1. The van der Waals surface area contributed by atoms with Gasteiger partial charge in [-0.1, -0.05) is 11.2 Å². The molecular weight excluding hydrogens is 388 g/mol. The number of benzene rings is 1. The Morgan fingerprint density at radius 2 is 1.86 bits per heavy atom. The standard InChI is InChI=1S/C19H25F2N3O3S/c1-22-8-15-9-24(19(25)27-15)14-6-16(20)18(17(21)7-14)23-4-2-12(3-5-23)13-10-28(26)11-13/h6-7,12-13,15,22H,2-5,8-11H2,1H3. The van der Waals surface area contributed by atoms with Crippen LogP contribution >= 0.6 is 0 Å². The van der Waals surface area contributed by atoms with E-state index in [0.29, 0.717) is 31.5 Å². The normalized spacial score (nSPS) is 28.4. The van der Waals surface area contributed by atoms with Gasteiger partial charge in [0.25, 0.3) is 0 Å². The molecule has 4 rings (SSSR count). The average molecular weight is 413 g/mol. The fourth-order valence-corrected chi connectivity index (χ4v) is 5.77. The Hall–Kier alpha value is -1.58. The maximum atomic E-state index is 14.8. The number of cyclic esters (lactones) is 1. The van der Waals surface area contributed by atoms with E-state index in [2.05, 4.69) is 5.32 Å². The van der Waals surface area contributed by atoms with Crippen LogP contribution in [-0.4, -0.2) is 61.5 Å². The van der Waals surface area contributed by atoms with Crippen LogP contribution in [0.3, 0.4) is 0 Å². The van der Waals surface area contributed by atoms with E-state index in [4.69, 9.17) is 4.74 Å². The van der Waals surface area contributed by atoms with Crippen molar-refractivity contribution in [2.24, 2.45) is 11.8 Å². The van der Waals surface area contributed by atoms with Gasteiger partial charge >= 0.3 is 6.09 Å². The highest BCUT2D eigenvalue weighted by Gasteiger charge is 2.40. The average Bonchev–Trinajstić information content (AvgIpc) is 3.00. The monoisotopic (exact) mass is 413 g/mol. The Morgan fingerprint density at radius 1 is 1.21 bits per heavy atom. The molecule has 0 aromatic heterocycles. The van der Waals surface area contributed by atoms with Crippen molar-refractivity contribution >= 4 is 28.6 Å². The second-order valence-corrected chi connectivity index (χ2v) is 9.34. The van der Waals surface area contributed by atoms with Crippen molar-refractivity contribution in [2.75, 3.05) is 54.5 Å². The Bertz CT molecular complexity index is 716. The lowest BCUT2D eigenvalue weighted by molar-refractivity contribution is 0.141. The number of hydrogen-bond acceptors (Lipinski definition) is 5. The molecule has 6 nitrogen and oxygen atoms in total. The highest BCUT2D eigenvalue weighted by Crippen LogP contribution is 2.37. The molecule has 1 N–H and O–H groups in total. The summed E-state index contributed by atoms with van der Waals surface area (Å²) in [6.07, 6.45) is 0.771. The zero-order valence-electron chi connectivity index (χ0n) is 15.8. The molecule has 0 saturated carbocycles. The molecule has 1 aromatic carbocycles. The van der Waals surface area contributed by atoms with E-state index < -0.39 is 28.9 Å². The number of piperidine rings is 1. The van der Waals surface area contributed by atoms with Crippen molar-refractivity contribution in [2.45, 2.75) is 18.9 Å². The van der Waals surface area contributed by atoms with Crippen LogP contribution in [0.1, 0.15) is 12.8 Å². The number of halogens is 2. The summed E-state index contributed by atoms with van der Waals surface area (Å²) < 4.78 is 46.1. The summed E-state index contributed by atoms with van der Waals surface area (Å²) in [6, 6.07) is 2.42. The van der Waals surface area contributed by atoms with E-state index in [0.717, 1.165) is 24.3 Å². The number of anilines is 2. The summed E-state index contributed by atoms with van der Waals surface area (Å²) in [5.41, 5.74) is 0.146. The third-order valence-electron chi connectivity index (χ3n) is 5.94. The molecule has 0 spiro atoms. The topological polar surface area (TPSA) is 67.9 Å². The molecule has 1 unspecified atom stereocenters. The molecule has 0 radical (unpaired) electrons. The number of likely N-dealkylation sites (N-methyl/N-ethyl adjacent to an activating group) is 1. The number of hydrogen-bond donors (Lipinski definition) is 1. The molecule has 3 aliphatic heterocycles. The maximum Gasteiger partial charge on any atom is 0.414 e.